The predicted molar refractivity (Wildman–Crippen MR) is 114 cm³/mol. The average molecular weight is 471 g/mol. The summed E-state index contributed by atoms with van der Waals surface area (Å²) in [5.41, 5.74) is -2.78. The van der Waals surface area contributed by atoms with E-state index in [4.69, 9.17) is 23.4 Å². The minimum absolute atomic E-state index is 0.0677. The molecule has 8 heteroatoms. The van der Waals surface area contributed by atoms with Crippen molar-refractivity contribution in [2.75, 3.05) is 6.61 Å². The largest absolute Gasteiger partial charge is 0.472 e. The van der Waals surface area contributed by atoms with Crippen molar-refractivity contribution in [2.24, 2.45) is 28.1 Å². The number of hydrogen-bond donors (Lipinski definition) is 0. The average Bonchev–Trinajstić information content (AvgIpc) is 3.26. The number of furan rings is 1. The molecule has 0 radical (unpaired) electrons. The van der Waals surface area contributed by atoms with Crippen molar-refractivity contribution in [1.29, 1.82) is 0 Å². The van der Waals surface area contributed by atoms with Crippen molar-refractivity contribution in [2.45, 2.75) is 82.9 Å². The van der Waals surface area contributed by atoms with Gasteiger partial charge in [-0.3, -0.25) is 9.59 Å². The number of carbonyl (C=O) groups excluding carboxylic acids is 3. The summed E-state index contributed by atoms with van der Waals surface area (Å²) in [5.74, 6) is -0.780. The van der Waals surface area contributed by atoms with Gasteiger partial charge >= 0.3 is 11.9 Å². The van der Waals surface area contributed by atoms with E-state index in [0.29, 0.717) is 12.8 Å². The summed E-state index contributed by atoms with van der Waals surface area (Å²) in [4.78, 5) is 39.7. The number of ether oxygens (including phenoxy) is 4. The van der Waals surface area contributed by atoms with Gasteiger partial charge in [0, 0.05) is 28.7 Å². The SMILES string of the molecule is CC1(C)O[C@H]2CC(=O)OC[C@@]23[C@H]1CC(=O)[C@]1(C)[C@H]3CC[C@@]2(C)[C@H](c3ccoc3)OC(=O)[C@H]3O[C@]321. The molecule has 6 fully saturated rings. The highest BCUT2D eigenvalue weighted by atomic mass is 16.7. The smallest absolute Gasteiger partial charge is 0.339 e. The fourth-order valence-corrected chi connectivity index (χ4v) is 9.34. The van der Waals surface area contributed by atoms with Gasteiger partial charge in [0.15, 0.2) is 6.10 Å². The molecule has 2 aliphatic carbocycles. The zero-order valence-electron chi connectivity index (χ0n) is 19.9. The minimum atomic E-state index is -0.976. The van der Waals surface area contributed by atoms with Gasteiger partial charge in [0.1, 0.15) is 24.1 Å². The molecule has 9 atom stereocenters. The quantitative estimate of drug-likeness (QED) is 0.455. The van der Waals surface area contributed by atoms with E-state index < -0.39 is 45.6 Å². The van der Waals surface area contributed by atoms with Crippen LogP contribution >= 0.6 is 0 Å². The van der Waals surface area contributed by atoms with Gasteiger partial charge in [-0.05, 0) is 45.6 Å². The maximum atomic E-state index is 14.2. The molecule has 1 aromatic heterocycles. The Balaban J connectivity index is 1.41. The first kappa shape index (κ1) is 21.1. The van der Waals surface area contributed by atoms with Crippen LogP contribution in [0.25, 0.3) is 0 Å². The minimum Gasteiger partial charge on any atom is -0.472 e. The highest BCUT2D eigenvalue weighted by Gasteiger charge is 2.89. The second kappa shape index (κ2) is 5.95. The maximum Gasteiger partial charge on any atom is 0.339 e. The molecule has 1 aromatic rings. The number of epoxide rings is 1. The zero-order valence-corrected chi connectivity index (χ0v) is 19.9. The molecule has 0 N–H and O–H groups in total. The summed E-state index contributed by atoms with van der Waals surface area (Å²) in [7, 11) is 0. The predicted octanol–water partition coefficient (Wildman–Crippen LogP) is 3.14. The monoisotopic (exact) mass is 470 g/mol. The fourth-order valence-electron chi connectivity index (χ4n) is 9.34. The Morgan fingerprint density at radius 1 is 0.971 bits per heavy atom. The summed E-state index contributed by atoms with van der Waals surface area (Å²) in [5, 5.41) is 0. The van der Waals surface area contributed by atoms with Gasteiger partial charge in [0.05, 0.1) is 36.1 Å². The molecule has 182 valence electrons. The van der Waals surface area contributed by atoms with Crippen LogP contribution in [0.5, 0.6) is 0 Å². The van der Waals surface area contributed by atoms with E-state index in [1.165, 1.54) is 0 Å². The lowest BCUT2D eigenvalue weighted by atomic mass is 9.37. The van der Waals surface area contributed by atoms with Gasteiger partial charge < -0.3 is 23.4 Å². The molecule has 7 rings (SSSR count). The van der Waals surface area contributed by atoms with Gasteiger partial charge in [0.2, 0.25) is 0 Å². The third-order valence-electron chi connectivity index (χ3n) is 10.7. The van der Waals surface area contributed by atoms with E-state index >= 15 is 0 Å². The molecule has 5 heterocycles. The number of rotatable bonds is 1. The number of fused-ring (bicyclic) bond motifs is 1. The first-order valence-electron chi connectivity index (χ1n) is 12.3. The van der Waals surface area contributed by atoms with Gasteiger partial charge in [-0.25, -0.2) is 4.79 Å². The van der Waals surface area contributed by atoms with Gasteiger partial charge in [-0.2, -0.15) is 0 Å². The number of hydrogen-bond acceptors (Lipinski definition) is 8. The molecule has 0 unspecified atom stereocenters. The van der Waals surface area contributed by atoms with Crippen LogP contribution in [0.2, 0.25) is 0 Å². The Morgan fingerprint density at radius 3 is 2.50 bits per heavy atom. The highest BCUT2D eigenvalue weighted by Crippen LogP contribution is 2.79. The Hall–Kier alpha value is -2.19. The van der Waals surface area contributed by atoms with E-state index in [9.17, 15) is 14.4 Å². The summed E-state index contributed by atoms with van der Waals surface area (Å²) in [6, 6.07) is 1.81. The topological polar surface area (TPSA) is 105 Å². The van der Waals surface area contributed by atoms with Gasteiger partial charge in [-0.1, -0.05) is 6.92 Å². The molecule has 2 spiro atoms. The molecular formula is C26H30O8. The summed E-state index contributed by atoms with van der Waals surface area (Å²) >= 11 is 0. The summed E-state index contributed by atoms with van der Waals surface area (Å²) in [6.45, 7) is 8.36. The first-order valence-corrected chi connectivity index (χ1v) is 12.3. The lowest BCUT2D eigenvalue weighted by molar-refractivity contribution is -0.225. The van der Waals surface area contributed by atoms with Crippen molar-refractivity contribution in [3.05, 3.63) is 24.2 Å². The Bertz CT molecular complexity index is 1120. The van der Waals surface area contributed by atoms with Crippen molar-refractivity contribution in [1.82, 2.24) is 0 Å². The van der Waals surface area contributed by atoms with Crippen LogP contribution in [0.4, 0.5) is 0 Å². The van der Waals surface area contributed by atoms with Crippen molar-refractivity contribution >= 4 is 17.7 Å². The van der Waals surface area contributed by atoms with Crippen LogP contribution in [0.3, 0.4) is 0 Å². The molecular weight excluding hydrogens is 440 g/mol. The highest BCUT2D eigenvalue weighted by molar-refractivity contribution is 5.93. The summed E-state index contributed by atoms with van der Waals surface area (Å²) in [6.07, 6.45) is 3.46. The molecule has 4 aliphatic heterocycles. The number of ketones is 1. The van der Waals surface area contributed by atoms with Gasteiger partial charge in [0.25, 0.3) is 0 Å². The van der Waals surface area contributed by atoms with Crippen LogP contribution in [-0.4, -0.2) is 47.7 Å². The van der Waals surface area contributed by atoms with E-state index in [-0.39, 0.29) is 42.7 Å². The second-order valence-corrected chi connectivity index (χ2v) is 12.2. The number of Topliss-reactive ketones (excluding diaryl/α,β-unsaturated/α-hetero) is 1. The first-order chi connectivity index (χ1) is 16.0. The maximum absolute atomic E-state index is 14.2. The van der Waals surface area contributed by atoms with E-state index in [2.05, 4.69) is 6.92 Å². The molecule has 4 saturated heterocycles. The molecule has 0 aromatic carbocycles. The second-order valence-electron chi connectivity index (χ2n) is 12.2. The van der Waals surface area contributed by atoms with Crippen molar-refractivity contribution in [3.63, 3.8) is 0 Å². The molecule has 8 nitrogen and oxygen atoms in total. The number of esters is 2. The van der Waals surface area contributed by atoms with Gasteiger partial charge in [-0.15, -0.1) is 0 Å². The summed E-state index contributed by atoms with van der Waals surface area (Å²) < 4.78 is 29.8. The Kier molecular flexibility index (Phi) is 3.70. The molecule has 34 heavy (non-hydrogen) atoms. The number of carbonyl (C=O) groups is 3. The van der Waals surface area contributed by atoms with Crippen LogP contribution in [0.15, 0.2) is 23.0 Å². The van der Waals surface area contributed by atoms with Crippen molar-refractivity contribution in [3.8, 4) is 0 Å². The van der Waals surface area contributed by atoms with Crippen LogP contribution in [0.1, 0.15) is 65.0 Å². The molecule has 2 saturated carbocycles. The standard InChI is InChI=1S/C26H30O8/c1-22(2)15-9-16(27)24(4)14(25(15)12-31-18(28)10-17(25)33-22)5-7-23(3)19(13-6-8-30-11-13)32-21(29)20-26(23,24)34-20/h6,8,11,14-15,17,19-20H,5,7,9-10,12H2,1-4H3/t14-,15+,17+,19+,20-,23+,24+,25-,26-/m1/s1. The van der Waals surface area contributed by atoms with Crippen LogP contribution < -0.4 is 0 Å². The number of cyclic esters (lactones) is 2. The van der Waals surface area contributed by atoms with E-state index in [1.54, 1.807) is 12.5 Å². The third kappa shape index (κ3) is 2.02. The lowest BCUT2D eigenvalue weighted by Crippen LogP contribution is -2.72. The van der Waals surface area contributed by atoms with E-state index in [1.807, 2.05) is 26.8 Å². The molecule has 0 amide bonds. The Labute approximate surface area is 197 Å². The van der Waals surface area contributed by atoms with E-state index in [0.717, 1.165) is 12.0 Å². The molecule has 0 bridgehead atoms. The lowest BCUT2D eigenvalue weighted by Gasteiger charge is -2.65. The fraction of sp³-hybridized carbons (Fsp3) is 0.731. The zero-order chi connectivity index (χ0) is 23.9. The molecule has 6 aliphatic rings. The van der Waals surface area contributed by atoms with Crippen LogP contribution in [-0.2, 0) is 33.3 Å². The normalized spacial score (nSPS) is 52.4. The van der Waals surface area contributed by atoms with Crippen molar-refractivity contribution < 1.29 is 37.7 Å². The third-order valence-corrected chi connectivity index (χ3v) is 10.7. The van der Waals surface area contributed by atoms with Crippen LogP contribution in [0, 0.1) is 28.1 Å². The Morgan fingerprint density at radius 2 is 1.76 bits per heavy atom.